The molecule has 0 saturated carbocycles. The number of nitrogens with one attached hydrogen (secondary N) is 2. The van der Waals surface area contributed by atoms with Crippen molar-refractivity contribution in [1.82, 2.24) is 15.0 Å². The highest BCUT2D eigenvalue weighted by Gasteiger charge is 2.13. The summed E-state index contributed by atoms with van der Waals surface area (Å²) in [5, 5.41) is 3.82. The SMILES string of the molecule is CCCOc1ccc(C(C)Nc2nccc3c(=O)[nH]cnc23)cc1OC. The van der Waals surface area contributed by atoms with Gasteiger partial charge < -0.3 is 19.8 Å². The van der Waals surface area contributed by atoms with E-state index < -0.39 is 0 Å². The quantitative estimate of drug-likeness (QED) is 0.677. The highest BCUT2D eigenvalue weighted by molar-refractivity contribution is 5.87. The fourth-order valence-corrected chi connectivity index (χ4v) is 2.68. The molecule has 2 heterocycles. The van der Waals surface area contributed by atoms with Crippen LogP contribution in [0.15, 0.2) is 41.6 Å². The van der Waals surface area contributed by atoms with E-state index in [0.717, 1.165) is 17.7 Å². The number of H-pyrrole nitrogens is 1. The van der Waals surface area contributed by atoms with Crippen LogP contribution in [-0.4, -0.2) is 28.7 Å². The molecule has 0 bridgehead atoms. The van der Waals surface area contributed by atoms with Gasteiger partial charge in [-0.3, -0.25) is 4.79 Å². The van der Waals surface area contributed by atoms with Gasteiger partial charge in [0.1, 0.15) is 5.52 Å². The number of pyridine rings is 1. The molecule has 26 heavy (non-hydrogen) atoms. The van der Waals surface area contributed by atoms with Crippen LogP contribution in [0.4, 0.5) is 5.82 Å². The zero-order chi connectivity index (χ0) is 18.5. The molecule has 1 atom stereocenters. The van der Waals surface area contributed by atoms with E-state index in [1.54, 1.807) is 19.4 Å². The third kappa shape index (κ3) is 3.61. The number of ether oxygens (including phenoxy) is 2. The normalized spacial score (nSPS) is 12.0. The molecule has 2 N–H and O–H groups in total. The van der Waals surface area contributed by atoms with Crippen LogP contribution in [0.2, 0.25) is 0 Å². The Balaban J connectivity index is 1.88. The lowest BCUT2D eigenvalue weighted by Crippen LogP contribution is -2.12. The fraction of sp³-hybridized carbons (Fsp3) is 0.316. The first-order valence-electron chi connectivity index (χ1n) is 8.53. The Labute approximate surface area is 151 Å². The third-order valence-corrected chi connectivity index (χ3v) is 4.06. The van der Waals surface area contributed by atoms with E-state index in [-0.39, 0.29) is 11.6 Å². The van der Waals surface area contributed by atoms with Gasteiger partial charge in [0.25, 0.3) is 5.56 Å². The molecule has 0 amide bonds. The highest BCUT2D eigenvalue weighted by Crippen LogP contribution is 2.31. The average Bonchev–Trinajstić information content (AvgIpc) is 2.67. The van der Waals surface area contributed by atoms with E-state index in [1.807, 2.05) is 25.1 Å². The van der Waals surface area contributed by atoms with Crippen molar-refractivity contribution in [3.8, 4) is 11.5 Å². The lowest BCUT2D eigenvalue weighted by molar-refractivity contribution is 0.294. The molecule has 136 valence electrons. The third-order valence-electron chi connectivity index (χ3n) is 4.06. The van der Waals surface area contributed by atoms with Crippen molar-refractivity contribution >= 4 is 16.7 Å². The number of benzene rings is 1. The second kappa shape index (κ2) is 7.86. The van der Waals surface area contributed by atoms with E-state index in [1.165, 1.54) is 6.33 Å². The summed E-state index contributed by atoms with van der Waals surface area (Å²) in [5.74, 6) is 1.97. The molecule has 0 radical (unpaired) electrons. The molecule has 0 saturated heterocycles. The van der Waals surface area contributed by atoms with Gasteiger partial charge >= 0.3 is 0 Å². The number of aromatic nitrogens is 3. The first-order valence-corrected chi connectivity index (χ1v) is 8.53. The minimum atomic E-state index is -0.188. The Kier molecular flexibility index (Phi) is 5.36. The first kappa shape index (κ1) is 17.7. The summed E-state index contributed by atoms with van der Waals surface area (Å²) in [6.45, 7) is 4.71. The van der Waals surface area contributed by atoms with E-state index in [4.69, 9.17) is 9.47 Å². The van der Waals surface area contributed by atoms with Crippen molar-refractivity contribution in [2.45, 2.75) is 26.3 Å². The van der Waals surface area contributed by atoms with Crippen molar-refractivity contribution in [3.63, 3.8) is 0 Å². The number of anilines is 1. The largest absolute Gasteiger partial charge is 0.493 e. The molecule has 0 fully saturated rings. The molecule has 0 aliphatic heterocycles. The molecule has 0 aliphatic carbocycles. The average molecular weight is 354 g/mol. The zero-order valence-electron chi connectivity index (χ0n) is 15.1. The number of aromatic amines is 1. The summed E-state index contributed by atoms with van der Waals surface area (Å²) in [5.41, 5.74) is 1.36. The van der Waals surface area contributed by atoms with Gasteiger partial charge in [0.2, 0.25) is 0 Å². The monoisotopic (exact) mass is 354 g/mol. The minimum absolute atomic E-state index is 0.0664. The number of methoxy groups -OCH3 is 1. The van der Waals surface area contributed by atoms with Crippen LogP contribution in [0.1, 0.15) is 31.9 Å². The van der Waals surface area contributed by atoms with Gasteiger partial charge in [-0.1, -0.05) is 13.0 Å². The summed E-state index contributed by atoms with van der Waals surface area (Å²) < 4.78 is 11.1. The van der Waals surface area contributed by atoms with Crippen molar-refractivity contribution < 1.29 is 9.47 Å². The maximum absolute atomic E-state index is 11.9. The number of hydrogen-bond donors (Lipinski definition) is 2. The predicted octanol–water partition coefficient (Wildman–Crippen LogP) is 3.29. The summed E-state index contributed by atoms with van der Waals surface area (Å²) in [7, 11) is 1.62. The molecule has 2 aromatic heterocycles. The van der Waals surface area contributed by atoms with Crippen molar-refractivity contribution in [2.24, 2.45) is 0 Å². The van der Waals surface area contributed by atoms with Gasteiger partial charge in [0, 0.05) is 6.20 Å². The Morgan fingerprint density at radius 3 is 2.85 bits per heavy atom. The van der Waals surface area contributed by atoms with E-state index in [9.17, 15) is 4.79 Å². The molecule has 7 nitrogen and oxygen atoms in total. The highest BCUT2D eigenvalue weighted by atomic mass is 16.5. The Morgan fingerprint density at radius 1 is 1.23 bits per heavy atom. The molecule has 1 aromatic carbocycles. The number of rotatable bonds is 7. The Hall–Kier alpha value is -3.09. The molecule has 3 rings (SSSR count). The molecule has 0 spiro atoms. The summed E-state index contributed by atoms with van der Waals surface area (Å²) in [4.78, 5) is 23.1. The van der Waals surface area contributed by atoms with Crippen LogP contribution in [-0.2, 0) is 0 Å². The number of hydrogen-bond acceptors (Lipinski definition) is 6. The second-order valence-corrected chi connectivity index (χ2v) is 5.91. The second-order valence-electron chi connectivity index (χ2n) is 5.91. The van der Waals surface area contributed by atoms with Crippen LogP contribution >= 0.6 is 0 Å². The summed E-state index contributed by atoms with van der Waals surface area (Å²) in [6, 6.07) is 7.41. The number of fused-ring (bicyclic) bond motifs is 1. The van der Waals surface area contributed by atoms with Crippen LogP contribution in [0.5, 0.6) is 11.5 Å². The maximum Gasteiger partial charge on any atom is 0.258 e. The topological polar surface area (TPSA) is 89.1 Å². The maximum atomic E-state index is 11.9. The zero-order valence-corrected chi connectivity index (χ0v) is 15.1. The molecular weight excluding hydrogens is 332 g/mol. The van der Waals surface area contributed by atoms with Gasteiger partial charge in [-0.25, -0.2) is 9.97 Å². The van der Waals surface area contributed by atoms with E-state index >= 15 is 0 Å². The molecule has 0 aliphatic rings. The smallest absolute Gasteiger partial charge is 0.258 e. The first-order chi connectivity index (χ1) is 12.6. The lowest BCUT2D eigenvalue weighted by Gasteiger charge is -2.18. The molecule has 1 unspecified atom stereocenters. The molecule has 7 heteroatoms. The predicted molar refractivity (Wildman–Crippen MR) is 101 cm³/mol. The van der Waals surface area contributed by atoms with Crippen LogP contribution < -0.4 is 20.3 Å². The minimum Gasteiger partial charge on any atom is -0.493 e. The van der Waals surface area contributed by atoms with Gasteiger partial charge in [0.15, 0.2) is 17.3 Å². The standard InChI is InChI=1S/C19H22N4O3/c1-4-9-26-15-6-5-13(10-16(15)25-3)12(2)23-18-17-14(7-8-20-18)19(24)22-11-21-17/h5-8,10-12H,4,9H2,1-3H3,(H,20,23)(H,21,22,24). The van der Waals surface area contributed by atoms with E-state index in [2.05, 4.69) is 27.2 Å². The van der Waals surface area contributed by atoms with Crippen molar-refractivity contribution in [3.05, 3.63) is 52.7 Å². The van der Waals surface area contributed by atoms with Gasteiger partial charge in [-0.15, -0.1) is 0 Å². The summed E-state index contributed by atoms with van der Waals surface area (Å²) in [6.07, 6.45) is 3.91. The van der Waals surface area contributed by atoms with Crippen molar-refractivity contribution in [2.75, 3.05) is 19.0 Å². The van der Waals surface area contributed by atoms with Gasteiger partial charge in [0.05, 0.1) is 31.5 Å². The summed E-state index contributed by atoms with van der Waals surface area (Å²) >= 11 is 0. The number of nitrogens with zero attached hydrogens (tertiary/aromatic N) is 2. The Morgan fingerprint density at radius 2 is 2.08 bits per heavy atom. The molecule has 3 aromatic rings. The van der Waals surface area contributed by atoms with Gasteiger partial charge in [-0.05, 0) is 37.1 Å². The van der Waals surface area contributed by atoms with Crippen LogP contribution in [0.3, 0.4) is 0 Å². The van der Waals surface area contributed by atoms with Crippen LogP contribution in [0, 0.1) is 0 Å². The van der Waals surface area contributed by atoms with Crippen LogP contribution in [0.25, 0.3) is 10.9 Å². The fourth-order valence-electron chi connectivity index (χ4n) is 2.68. The Bertz CT molecular complexity index is 955. The van der Waals surface area contributed by atoms with Crippen molar-refractivity contribution in [1.29, 1.82) is 0 Å². The molecular formula is C19H22N4O3. The van der Waals surface area contributed by atoms with Gasteiger partial charge in [-0.2, -0.15) is 0 Å². The lowest BCUT2D eigenvalue weighted by atomic mass is 10.1. The van der Waals surface area contributed by atoms with E-state index in [0.29, 0.717) is 29.1 Å².